The number of nitriles is 2. The van der Waals surface area contributed by atoms with Gasteiger partial charge < -0.3 is 10.7 Å². The summed E-state index contributed by atoms with van der Waals surface area (Å²) in [6.07, 6.45) is 7.83. The number of carbonyl (C=O) groups excluding carboxylic acids is 2. The number of benzene rings is 4. The summed E-state index contributed by atoms with van der Waals surface area (Å²) in [6, 6.07) is 31.5. The van der Waals surface area contributed by atoms with Crippen LogP contribution in [-0.2, 0) is 4.79 Å². The monoisotopic (exact) mass is 848 g/mol. The Bertz CT molecular complexity index is 2570. The van der Waals surface area contributed by atoms with Crippen molar-refractivity contribution < 1.29 is 9.59 Å². The molecule has 2 atom stereocenters. The van der Waals surface area contributed by atoms with E-state index in [0.717, 1.165) is 16.8 Å². The Balaban J connectivity index is 0.000000167. The summed E-state index contributed by atoms with van der Waals surface area (Å²) in [7, 11) is 0. The summed E-state index contributed by atoms with van der Waals surface area (Å²) >= 11 is 23.3. The smallest absolute Gasteiger partial charge is 0.307 e. The van der Waals surface area contributed by atoms with Crippen LogP contribution < -0.4 is 10.7 Å². The Hall–Kier alpha value is -6.77. The van der Waals surface area contributed by atoms with Gasteiger partial charge in [0.25, 0.3) is 0 Å². The van der Waals surface area contributed by atoms with Gasteiger partial charge in [0.05, 0.1) is 53.7 Å². The number of anilines is 1. The van der Waals surface area contributed by atoms with Crippen molar-refractivity contribution in [2.45, 2.75) is 12.1 Å². The highest BCUT2D eigenvalue weighted by Crippen LogP contribution is 2.26. The lowest BCUT2D eigenvalue weighted by Crippen LogP contribution is -2.31. The van der Waals surface area contributed by atoms with Crippen molar-refractivity contribution in [2.75, 3.05) is 18.4 Å². The molecule has 4 heterocycles. The normalized spacial score (nSPS) is 15.1. The van der Waals surface area contributed by atoms with Gasteiger partial charge in [-0.2, -0.15) is 35.9 Å². The minimum Gasteiger partial charge on any atom is -0.307 e. The van der Waals surface area contributed by atoms with Crippen molar-refractivity contribution >= 4 is 81.3 Å². The molecule has 2 aliphatic heterocycles. The van der Waals surface area contributed by atoms with Gasteiger partial charge in [-0.25, -0.2) is 14.6 Å². The summed E-state index contributed by atoms with van der Waals surface area (Å²) in [6.45, 7) is 0.925. The van der Waals surface area contributed by atoms with Crippen LogP contribution in [0.15, 0.2) is 137 Å². The number of carbonyl (C=O) groups is 1. The molecular weight excluding hydrogens is 822 g/mol. The number of nitrogens with one attached hydrogen (secondary N) is 2. The standard InChI is InChI=1S/C20H14Cl2N6O.C13H10ClN5.C7H4ClNO/c21-15-3-1-14(2-4-15)19-18(27-11-13(9-23)10-24-27)12-28(26-19)20(29)25-17-7-5-16(22)6-8-17;14-11-3-1-10(2-4-11)13-12(7-16-18-13)19-8-9(5-15)6-17-19;8-6-1-3-7(4-2-6)9-5-10/h1-8,10-11,18H,12H2,(H,25,29);1-4,6,8,12,16H,7H2;1-4H. The fourth-order valence-electron chi connectivity index (χ4n) is 5.60. The second kappa shape index (κ2) is 19.4. The Labute approximate surface area is 351 Å². The maximum atomic E-state index is 12.7. The lowest BCUT2D eigenvalue weighted by Gasteiger charge is -2.16. The van der Waals surface area contributed by atoms with Crippen LogP contribution in [0.25, 0.3) is 0 Å². The van der Waals surface area contributed by atoms with Crippen molar-refractivity contribution in [2.24, 2.45) is 15.2 Å². The van der Waals surface area contributed by atoms with E-state index < -0.39 is 0 Å². The molecule has 6 aromatic rings. The second-order valence-corrected chi connectivity index (χ2v) is 14.0. The molecular formula is C40H28Cl4N12O2. The van der Waals surface area contributed by atoms with Crippen LogP contribution in [-0.4, -0.2) is 61.2 Å². The average molecular weight is 851 g/mol. The van der Waals surface area contributed by atoms with Gasteiger partial charge in [-0.1, -0.05) is 70.7 Å². The molecule has 8 rings (SSSR count). The molecule has 2 aromatic heterocycles. The van der Waals surface area contributed by atoms with Gasteiger partial charge in [0.2, 0.25) is 6.08 Å². The van der Waals surface area contributed by atoms with Gasteiger partial charge in [0.1, 0.15) is 24.2 Å². The quantitative estimate of drug-likeness (QED) is 0.124. The van der Waals surface area contributed by atoms with E-state index in [0.29, 0.717) is 54.8 Å². The molecule has 0 aliphatic carbocycles. The highest BCUT2D eigenvalue weighted by atomic mass is 35.5. The van der Waals surface area contributed by atoms with Gasteiger partial charge in [-0.3, -0.25) is 9.36 Å². The molecule has 0 fully saturated rings. The maximum absolute atomic E-state index is 12.7. The number of amides is 2. The molecule has 2 aliphatic rings. The Morgan fingerprint density at radius 2 is 1.19 bits per heavy atom. The first-order valence-electron chi connectivity index (χ1n) is 17.1. The van der Waals surface area contributed by atoms with Crippen LogP contribution in [0.5, 0.6) is 0 Å². The number of isocyanates is 1. The number of halogens is 4. The summed E-state index contributed by atoms with van der Waals surface area (Å²) in [5, 5.41) is 41.9. The number of hydrogen-bond acceptors (Lipinski definition) is 10. The van der Waals surface area contributed by atoms with Crippen molar-refractivity contribution in [1.82, 2.24) is 30.0 Å². The molecule has 0 bridgehead atoms. The van der Waals surface area contributed by atoms with E-state index in [-0.39, 0.29) is 24.7 Å². The zero-order valence-electron chi connectivity index (χ0n) is 29.9. The third-order valence-electron chi connectivity index (χ3n) is 8.40. The third-order valence-corrected chi connectivity index (χ3v) is 9.41. The van der Waals surface area contributed by atoms with Crippen molar-refractivity contribution in [1.29, 1.82) is 10.5 Å². The van der Waals surface area contributed by atoms with Crippen LogP contribution in [0.1, 0.15) is 34.3 Å². The van der Waals surface area contributed by atoms with Gasteiger partial charge in [-0.15, -0.1) is 0 Å². The molecule has 2 amide bonds. The zero-order chi connectivity index (χ0) is 41.0. The SMILES string of the molecule is N#Cc1cnn(C2CN(C(=O)Nc3ccc(Cl)cc3)N=C2c2ccc(Cl)cc2)c1.N#Cc1cnn(C2CNN=C2c2ccc(Cl)cc2)c1.O=C=Nc1ccc(Cl)cc1. The summed E-state index contributed by atoms with van der Waals surface area (Å²) in [5.74, 6) is 0. The van der Waals surface area contributed by atoms with E-state index in [1.54, 1.807) is 88.6 Å². The van der Waals surface area contributed by atoms with E-state index in [4.69, 9.17) is 56.9 Å². The third kappa shape index (κ3) is 10.5. The summed E-state index contributed by atoms with van der Waals surface area (Å²) in [4.78, 5) is 25.9. The largest absolute Gasteiger partial charge is 0.342 e. The molecule has 0 spiro atoms. The van der Waals surface area contributed by atoms with E-state index in [1.807, 2.05) is 36.4 Å². The van der Waals surface area contributed by atoms with E-state index in [1.165, 1.54) is 17.3 Å². The van der Waals surface area contributed by atoms with Crippen molar-refractivity contribution in [3.8, 4) is 12.1 Å². The molecule has 4 aromatic carbocycles. The van der Waals surface area contributed by atoms with Gasteiger partial charge in [0.15, 0.2) is 0 Å². The minimum absolute atomic E-state index is 0.0109. The van der Waals surface area contributed by atoms with Gasteiger partial charge >= 0.3 is 6.03 Å². The first kappa shape index (κ1) is 40.9. The molecule has 0 radical (unpaired) electrons. The fourth-order valence-corrected chi connectivity index (χ4v) is 6.11. The number of rotatable bonds is 6. The zero-order valence-corrected chi connectivity index (χ0v) is 32.9. The molecule has 58 heavy (non-hydrogen) atoms. The fraction of sp³-hybridized carbons (Fsp3) is 0.100. The molecule has 2 unspecified atom stereocenters. The highest BCUT2D eigenvalue weighted by Gasteiger charge is 2.33. The number of aromatic nitrogens is 4. The first-order chi connectivity index (χ1) is 28.1. The predicted octanol–water partition coefficient (Wildman–Crippen LogP) is 8.82. The van der Waals surface area contributed by atoms with Crippen molar-refractivity contribution in [3.63, 3.8) is 0 Å². The van der Waals surface area contributed by atoms with Gasteiger partial charge in [-0.05, 0) is 72.8 Å². The number of hydrazone groups is 2. The molecule has 0 saturated heterocycles. The topological polar surface area (TPSA) is 182 Å². The van der Waals surface area contributed by atoms with Crippen LogP contribution >= 0.6 is 46.4 Å². The van der Waals surface area contributed by atoms with Crippen molar-refractivity contribution in [3.05, 3.63) is 164 Å². The van der Waals surface area contributed by atoms with E-state index >= 15 is 0 Å². The summed E-state index contributed by atoms with van der Waals surface area (Å²) < 4.78 is 3.40. The maximum Gasteiger partial charge on any atom is 0.342 e. The van der Waals surface area contributed by atoms with Crippen LogP contribution in [0.2, 0.25) is 20.1 Å². The van der Waals surface area contributed by atoms with Crippen LogP contribution in [0.4, 0.5) is 16.2 Å². The number of urea groups is 1. The second-order valence-electron chi connectivity index (χ2n) is 12.2. The predicted molar refractivity (Wildman–Crippen MR) is 222 cm³/mol. The van der Waals surface area contributed by atoms with Crippen LogP contribution in [0.3, 0.4) is 0 Å². The summed E-state index contributed by atoms with van der Waals surface area (Å²) in [5.41, 5.74) is 8.48. The Kier molecular flexibility index (Phi) is 13.7. The molecule has 288 valence electrons. The molecule has 2 N–H and O–H groups in total. The lowest BCUT2D eigenvalue weighted by molar-refractivity contribution is 0.215. The first-order valence-corrected chi connectivity index (χ1v) is 18.6. The van der Waals surface area contributed by atoms with E-state index in [9.17, 15) is 9.59 Å². The van der Waals surface area contributed by atoms with Crippen LogP contribution in [0, 0.1) is 22.7 Å². The van der Waals surface area contributed by atoms with E-state index in [2.05, 4.69) is 48.3 Å². The molecule has 14 nitrogen and oxygen atoms in total. The number of hydrogen-bond donors (Lipinski definition) is 2. The molecule has 0 saturated carbocycles. The number of nitrogens with zero attached hydrogens (tertiary/aromatic N) is 10. The average Bonchev–Trinajstić information content (AvgIpc) is 4.08. The lowest BCUT2D eigenvalue weighted by atomic mass is 10.0. The highest BCUT2D eigenvalue weighted by molar-refractivity contribution is 6.31. The minimum atomic E-state index is -0.381. The Morgan fingerprint density at radius 3 is 1.69 bits per heavy atom. The number of aliphatic imine (C=N–C) groups is 1. The molecule has 18 heteroatoms. The van der Waals surface area contributed by atoms with Gasteiger partial charge in [0, 0.05) is 49.3 Å². The Morgan fingerprint density at radius 1 is 0.707 bits per heavy atom.